The Kier molecular flexibility index (Phi) is 3.37. The van der Waals surface area contributed by atoms with Crippen LogP contribution in [0.1, 0.15) is 0 Å². The maximum absolute atomic E-state index is 5.34. The van der Waals surface area contributed by atoms with Gasteiger partial charge in [-0.3, -0.25) is 5.10 Å². The van der Waals surface area contributed by atoms with Gasteiger partial charge in [0.2, 0.25) is 0 Å². The minimum atomic E-state index is 0.769. The first-order valence-electron chi connectivity index (χ1n) is 6.39. The molecule has 0 spiro atoms. The van der Waals surface area contributed by atoms with Crippen molar-refractivity contribution in [3.63, 3.8) is 0 Å². The van der Waals surface area contributed by atoms with Crippen molar-refractivity contribution in [2.75, 3.05) is 38.3 Å². The van der Waals surface area contributed by atoms with Crippen molar-refractivity contribution in [1.82, 2.24) is 10.2 Å². The molecular weight excluding hydrogens is 242 g/mol. The third kappa shape index (κ3) is 2.56. The Hall–Kier alpha value is -2.01. The normalized spacial score (nSPS) is 15.5. The van der Waals surface area contributed by atoms with E-state index in [4.69, 9.17) is 9.47 Å². The molecule has 1 aliphatic rings. The van der Waals surface area contributed by atoms with Gasteiger partial charge in [-0.05, 0) is 29.8 Å². The standard InChI is InChI=1S/C14H17N3O2/c1-18-12-4-2-11(3-5-12)13-10-14(16-15-13)17-6-8-19-9-7-17/h2-5,10H,6-9H2,1H3,(H,15,16). The van der Waals surface area contributed by atoms with E-state index in [-0.39, 0.29) is 0 Å². The van der Waals surface area contributed by atoms with E-state index >= 15 is 0 Å². The van der Waals surface area contributed by atoms with Crippen molar-refractivity contribution in [1.29, 1.82) is 0 Å². The Balaban J connectivity index is 1.79. The lowest BCUT2D eigenvalue weighted by atomic mass is 10.1. The number of ether oxygens (including phenoxy) is 2. The van der Waals surface area contributed by atoms with Gasteiger partial charge in [0.05, 0.1) is 26.0 Å². The third-order valence-corrected chi connectivity index (χ3v) is 3.30. The van der Waals surface area contributed by atoms with Gasteiger partial charge < -0.3 is 14.4 Å². The smallest absolute Gasteiger partial charge is 0.151 e. The van der Waals surface area contributed by atoms with Crippen LogP contribution in [0.2, 0.25) is 0 Å². The first kappa shape index (κ1) is 12.0. The molecule has 0 radical (unpaired) electrons. The molecule has 0 bridgehead atoms. The number of nitrogens with one attached hydrogen (secondary N) is 1. The summed E-state index contributed by atoms with van der Waals surface area (Å²) in [4.78, 5) is 2.23. The Morgan fingerprint density at radius 3 is 2.63 bits per heavy atom. The molecule has 0 aliphatic carbocycles. The van der Waals surface area contributed by atoms with Crippen LogP contribution in [-0.4, -0.2) is 43.6 Å². The molecule has 1 aliphatic heterocycles. The van der Waals surface area contributed by atoms with Crippen molar-refractivity contribution < 1.29 is 9.47 Å². The summed E-state index contributed by atoms with van der Waals surface area (Å²) in [7, 11) is 1.67. The Morgan fingerprint density at radius 2 is 1.95 bits per heavy atom. The highest BCUT2D eigenvalue weighted by atomic mass is 16.5. The van der Waals surface area contributed by atoms with Crippen LogP contribution in [0.3, 0.4) is 0 Å². The van der Waals surface area contributed by atoms with Gasteiger partial charge in [0, 0.05) is 19.2 Å². The van der Waals surface area contributed by atoms with E-state index in [1.165, 1.54) is 0 Å². The van der Waals surface area contributed by atoms with Crippen LogP contribution in [0, 0.1) is 0 Å². The van der Waals surface area contributed by atoms with Crippen LogP contribution in [-0.2, 0) is 4.74 Å². The summed E-state index contributed by atoms with van der Waals surface area (Å²) in [6, 6.07) is 10.0. The molecular formula is C14H17N3O2. The number of rotatable bonds is 3. The van der Waals surface area contributed by atoms with Gasteiger partial charge >= 0.3 is 0 Å². The average molecular weight is 259 g/mol. The van der Waals surface area contributed by atoms with Crippen LogP contribution in [0.5, 0.6) is 5.75 Å². The first-order chi connectivity index (χ1) is 9.36. The van der Waals surface area contributed by atoms with Gasteiger partial charge in [-0.25, -0.2) is 0 Å². The molecule has 5 heteroatoms. The Bertz CT molecular complexity index is 530. The highest BCUT2D eigenvalue weighted by Crippen LogP contribution is 2.24. The summed E-state index contributed by atoms with van der Waals surface area (Å²) >= 11 is 0. The van der Waals surface area contributed by atoms with Crippen molar-refractivity contribution >= 4 is 5.82 Å². The molecule has 0 unspecified atom stereocenters. The lowest BCUT2D eigenvalue weighted by Crippen LogP contribution is -2.36. The van der Waals surface area contributed by atoms with Crippen molar-refractivity contribution in [3.05, 3.63) is 30.3 Å². The third-order valence-electron chi connectivity index (χ3n) is 3.30. The second-order valence-corrected chi connectivity index (χ2v) is 4.47. The summed E-state index contributed by atoms with van der Waals surface area (Å²) in [6.45, 7) is 3.33. The zero-order valence-electron chi connectivity index (χ0n) is 10.9. The van der Waals surface area contributed by atoms with Crippen LogP contribution in [0.4, 0.5) is 5.82 Å². The van der Waals surface area contributed by atoms with Gasteiger partial charge in [0.15, 0.2) is 5.82 Å². The Labute approximate surface area is 112 Å². The zero-order chi connectivity index (χ0) is 13.1. The average Bonchev–Trinajstić information content (AvgIpc) is 2.98. The fraction of sp³-hybridized carbons (Fsp3) is 0.357. The molecule has 100 valence electrons. The molecule has 0 amide bonds. The van der Waals surface area contributed by atoms with E-state index in [1.807, 2.05) is 24.3 Å². The van der Waals surface area contributed by atoms with Crippen LogP contribution in [0.15, 0.2) is 30.3 Å². The molecule has 3 rings (SSSR count). The number of hydrogen-bond donors (Lipinski definition) is 1. The lowest BCUT2D eigenvalue weighted by Gasteiger charge is -2.26. The fourth-order valence-electron chi connectivity index (χ4n) is 2.18. The van der Waals surface area contributed by atoms with Crippen molar-refractivity contribution in [2.24, 2.45) is 0 Å². The van der Waals surface area contributed by atoms with E-state index in [0.29, 0.717) is 0 Å². The maximum Gasteiger partial charge on any atom is 0.151 e. The second kappa shape index (κ2) is 5.32. The fourth-order valence-corrected chi connectivity index (χ4v) is 2.18. The van der Waals surface area contributed by atoms with Gasteiger partial charge in [0.1, 0.15) is 5.75 Å². The predicted molar refractivity (Wildman–Crippen MR) is 73.6 cm³/mol. The first-order valence-corrected chi connectivity index (χ1v) is 6.39. The van der Waals surface area contributed by atoms with E-state index in [2.05, 4.69) is 21.2 Å². The molecule has 2 heterocycles. The second-order valence-electron chi connectivity index (χ2n) is 4.47. The molecule has 1 saturated heterocycles. The number of hydrogen-bond acceptors (Lipinski definition) is 4. The molecule has 19 heavy (non-hydrogen) atoms. The Morgan fingerprint density at radius 1 is 1.21 bits per heavy atom. The zero-order valence-corrected chi connectivity index (χ0v) is 10.9. The minimum absolute atomic E-state index is 0.769. The summed E-state index contributed by atoms with van der Waals surface area (Å²) in [6.07, 6.45) is 0. The molecule has 0 saturated carbocycles. The summed E-state index contributed by atoms with van der Waals surface area (Å²) in [5, 5.41) is 7.46. The highest BCUT2D eigenvalue weighted by molar-refractivity contribution is 5.63. The monoisotopic (exact) mass is 259 g/mol. The topological polar surface area (TPSA) is 50.4 Å². The van der Waals surface area contributed by atoms with Gasteiger partial charge in [-0.1, -0.05) is 0 Å². The number of methoxy groups -OCH3 is 1. The van der Waals surface area contributed by atoms with Crippen LogP contribution < -0.4 is 9.64 Å². The van der Waals surface area contributed by atoms with Crippen LogP contribution >= 0.6 is 0 Å². The number of aromatic amines is 1. The van der Waals surface area contributed by atoms with E-state index < -0.39 is 0 Å². The number of anilines is 1. The lowest BCUT2D eigenvalue weighted by molar-refractivity contribution is 0.122. The van der Waals surface area contributed by atoms with Gasteiger partial charge in [-0.2, -0.15) is 5.10 Å². The predicted octanol–water partition coefficient (Wildman–Crippen LogP) is 1.92. The van der Waals surface area contributed by atoms with Crippen LogP contribution in [0.25, 0.3) is 11.3 Å². The van der Waals surface area contributed by atoms with E-state index in [1.54, 1.807) is 7.11 Å². The summed E-state index contributed by atoms with van der Waals surface area (Å²) in [5.41, 5.74) is 2.12. The van der Waals surface area contributed by atoms with Gasteiger partial charge in [0.25, 0.3) is 0 Å². The molecule has 2 aromatic rings. The largest absolute Gasteiger partial charge is 0.497 e. The van der Waals surface area contributed by atoms with E-state index in [9.17, 15) is 0 Å². The maximum atomic E-state index is 5.34. The molecule has 1 fully saturated rings. The molecule has 5 nitrogen and oxygen atoms in total. The molecule has 1 N–H and O–H groups in total. The number of morpholine rings is 1. The van der Waals surface area contributed by atoms with E-state index in [0.717, 1.165) is 49.1 Å². The molecule has 0 atom stereocenters. The van der Waals surface area contributed by atoms with Crippen molar-refractivity contribution in [2.45, 2.75) is 0 Å². The number of H-pyrrole nitrogens is 1. The summed E-state index contributed by atoms with van der Waals surface area (Å²) < 4.78 is 10.5. The quantitative estimate of drug-likeness (QED) is 0.915. The SMILES string of the molecule is COc1ccc(-c2cc(N3CCOCC3)n[nH]2)cc1. The van der Waals surface area contributed by atoms with Crippen molar-refractivity contribution in [3.8, 4) is 17.0 Å². The number of aromatic nitrogens is 2. The highest BCUT2D eigenvalue weighted by Gasteiger charge is 2.14. The number of nitrogens with zero attached hydrogens (tertiary/aromatic N) is 2. The molecule has 1 aromatic heterocycles. The number of benzene rings is 1. The van der Waals surface area contributed by atoms with Gasteiger partial charge in [-0.15, -0.1) is 0 Å². The molecule has 1 aromatic carbocycles. The minimum Gasteiger partial charge on any atom is -0.497 e. The summed E-state index contributed by atoms with van der Waals surface area (Å²) in [5.74, 6) is 1.84.